The van der Waals surface area contributed by atoms with Gasteiger partial charge in [0.1, 0.15) is 29.5 Å². The van der Waals surface area contributed by atoms with Crippen LogP contribution in [0.3, 0.4) is 0 Å². The Morgan fingerprint density at radius 1 is 1.15 bits per heavy atom. The number of amides is 1. The highest BCUT2D eigenvalue weighted by atomic mass is 32.2. The summed E-state index contributed by atoms with van der Waals surface area (Å²) in [6.45, 7) is 12.1. The number of aromatic hydroxyl groups is 1. The van der Waals surface area contributed by atoms with Crippen molar-refractivity contribution in [2.75, 3.05) is 13.2 Å². The van der Waals surface area contributed by atoms with Crippen molar-refractivity contribution in [3.05, 3.63) is 71.5 Å². The Morgan fingerprint density at radius 3 is 2.52 bits per heavy atom. The molecule has 1 atom stereocenters. The first-order chi connectivity index (χ1) is 21.7. The van der Waals surface area contributed by atoms with Gasteiger partial charge >= 0.3 is 10.8 Å². The number of ether oxygens (including phenoxy) is 3. The van der Waals surface area contributed by atoms with Gasteiger partial charge in [-0.3, -0.25) is 19.4 Å². The Labute approximate surface area is 276 Å². The van der Waals surface area contributed by atoms with E-state index >= 15 is 0 Å². The Balaban J connectivity index is 1.32. The molecule has 1 amide bonds. The first-order valence-electron chi connectivity index (χ1n) is 15.1. The van der Waals surface area contributed by atoms with E-state index in [1.54, 1.807) is 0 Å². The molecule has 0 spiro atoms. The number of aromatic nitrogens is 1. The number of hydrogen-bond acceptors (Lipinski definition) is 11. The van der Waals surface area contributed by atoms with Gasteiger partial charge in [-0.15, -0.1) is 4.91 Å². The second kappa shape index (κ2) is 14.7. The van der Waals surface area contributed by atoms with Crippen LogP contribution in [0.25, 0.3) is 0 Å². The zero-order chi connectivity index (χ0) is 33.6. The molecule has 1 aliphatic rings. The minimum absolute atomic E-state index is 0.0905. The number of aromatic amines is 1. The van der Waals surface area contributed by atoms with Crippen LogP contribution >= 0.6 is 23.3 Å². The summed E-state index contributed by atoms with van der Waals surface area (Å²) in [6.07, 6.45) is 2.48. The number of thiazole rings is 1. The van der Waals surface area contributed by atoms with Gasteiger partial charge in [-0.2, -0.15) is 0 Å². The van der Waals surface area contributed by atoms with E-state index in [-0.39, 0.29) is 29.5 Å². The normalized spacial score (nSPS) is 15.9. The number of nitroso groups, excluding NO2 is 1. The van der Waals surface area contributed by atoms with E-state index in [0.717, 1.165) is 63.3 Å². The van der Waals surface area contributed by atoms with Crippen LogP contribution in [0.2, 0.25) is 0 Å². The lowest BCUT2D eigenvalue weighted by Crippen LogP contribution is -2.42. The maximum absolute atomic E-state index is 12.8. The summed E-state index contributed by atoms with van der Waals surface area (Å²) in [5.74, 6) is 1.32. The third kappa shape index (κ3) is 8.91. The van der Waals surface area contributed by atoms with Crippen molar-refractivity contribution in [1.82, 2.24) is 10.3 Å². The monoisotopic (exact) mass is 671 g/mol. The average molecular weight is 672 g/mol. The highest BCUT2D eigenvalue weighted by Gasteiger charge is 2.36. The van der Waals surface area contributed by atoms with E-state index < -0.39 is 16.3 Å². The van der Waals surface area contributed by atoms with Crippen LogP contribution in [0, 0.1) is 25.7 Å². The van der Waals surface area contributed by atoms with E-state index in [2.05, 4.69) is 14.9 Å². The fourth-order valence-electron chi connectivity index (χ4n) is 5.22. The van der Waals surface area contributed by atoms with Crippen LogP contribution < -0.4 is 24.4 Å². The van der Waals surface area contributed by atoms with Crippen molar-refractivity contribution < 1.29 is 28.9 Å². The van der Waals surface area contributed by atoms with Crippen LogP contribution in [0.5, 0.6) is 23.1 Å². The Bertz CT molecular complexity index is 1650. The predicted molar refractivity (Wildman–Crippen MR) is 179 cm³/mol. The van der Waals surface area contributed by atoms with E-state index in [9.17, 15) is 24.4 Å². The number of nitrogens with zero attached hydrogens (tertiary/aromatic N) is 1. The smallest absolute Gasteiger partial charge is 0.311 e. The van der Waals surface area contributed by atoms with Crippen molar-refractivity contribution in [2.24, 2.45) is 4.58 Å². The summed E-state index contributed by atoms with van der Waals surface area (Å²) in [5, 5.41) is 12.6. The van der Waals surface area contributed by atoms with Crippen molar-refractivity contribution >= 4 is 35.2 Å². The summed E-state index contributed by atoms with van der Waals surface area (Å²) < 4.78 is 20.9. The molecule has 1 unspecified atom stereocenters. The number of rotatable bonds is 14. The first kappa shape index (κ1) is 35.0. The fourth-order valence-corrected chi connectivity index (χ4v) is 6.32. The molecule has 2 heterocycles. The molecule has 4 rings (SSSR count). The number of carbonyl (C=O) groups excluding carboxylic acids is 2. The van der Waals surface area contributed by atoms with Crippen LogP contribution in [0.15, 0.2) is 33.6 Å². The maximum atomic E-state index is 12.8. The maximum Gasteiger partial charge on any atom is 0.311 e. The van der Waals surface area contributed by atoms with Gasteiger partial charge in [0, 0.05) is 47.9 Å². The van der Waals surface area contributed by atoms with E-state index in [0.29, 0.717) is 48.8 Å². The van der Waals surface area contributed by atoms with Crippen molar-refractivity contribution in [1.29, 1.82) is 0 Å². The molecule has 11 nitrogen and oxygen atoms in total. The van der Waals surface area contributed by atoms with Crippen molar-refractivity contribution in [2.45, 2.75) is 90.4 Å². The van der Waals surface area contributed by atoms with Gasteiger partial charge < -0.3 is 24.6 Å². The molecule has 46 heavy (non-hydrogen) atoms. The van der Waals surface area contributed by atoms with E-state index in [4.69, 9.17) is 14.2 Å². The SMILES string of the molecule is Cc1c(C)c2c(c(C)c1OC(=O)CCCC(=O)NCC(C)(C)SN=O)CCC(C)(COc1ccc(Cc3sc(=O)[nH]c3O)cc1)O2. The third-order valence-corrected chi connectivity index (χ3v) is 9.68. The molecular formula is C33H41N3O8S2. The third-order valence-electron chi connectivity index (χ3n) is 8.09. The fraction of sp³-hybridized carbons (Fsp3) is 0.485. The molecule has 0 aliphatic carbocycles. The van der Waals surface area contributed by atoms with Gasteiger partial charge in [-0.1, -0.05) is 23.5 Å². The lowest BCUT2D eigenvalue weighted by Gasteiger charge is -2.37. The number of hydrogen-bond donors (Lipinski definition) is 3. The largest absolute Gasteiger partial charge is 0.494 e. The number of esters is 1. The van der Waals surface area contributed by atoms with Gasteiger partial charge in [-0.25, -0.2) is 0 Å². The summed E-state index contributed by atoms with van der Waals surface area (Å²) in [4.78, 5) is 49.6. The number of fused-ring (bicyclic) bond motifs is 1. The number of carbonyl (C=O) groups is 2. The molecule has 3 aromatic rings. The summed E-state index contributed by atoms with van der Waals surface area (Å²) in [5.41, 5.74) is 3.97. The predicted octanol–water partition coefficient (Wildman–Crippen LogP) is 6.21. The zero-order valence-electron chi connectivity index (χ0n) is 27.0. The topological polar surface area (TPSA) is 156 Å². The van der Waals surface area contributed by atoms with Gasteiger partial charge in [0.25, 0.3) is 0 Å². The van der Waals surface area contributed by atoms with Gasteiger partial charge in [0.15, 0.2) is 0 Å². The minimum Gasteiger partial charge on any atom is -0.494 e. The van der Waals surface area contributed by atoms with Crippen molar-refractivity contribution in [3.63, 3.8) is 0 Å². The molecule has 1 aromatic heterocycles. The first-order valence-corrected chi connectivity index (χ1v) is 16.7. The van der Waals surface area contributed by atoms with E-state index in [1.165, 1.54) is 0 Å². The molecule has 0 fully saturated rings. The minimum atomic E-state index is -0.575. The van der Waals surface area contributed by atoms with E-state index in [1.807, 2.05) is 65.8 Å². The van der Waals surface area contributed by atoms with Crippen LogP contribution in [-0.2, 0) is 22.4 Å². The molecule has 0 bridgehead atoms. The van der Waals surface area contributed by atoms with Gasteiger partial charge in [-0.05, 0) is 95.2 Å². The van der Waals surface area contributed by atoms with Gasteiger partial charge in [0.2, 0.25) is 11.8 Å². The number of H-pyrrole nitrogens is 1. The highest BCUT2D eigenvalue weighted by molar-refractivity contribution is 7.99. The quantitative estimate of drug-likeness (QED) is 0.0785. The molecule has 2 aromatic carbocycles. The lowest BCUT2D eigenvalue weighted by molar-refractivity contribution is -0.134. The summed E-state index contributed by atoms with van der Waals surface area (Å²) >= 11 is 1.87. The molecular weight excluding hydrogens is 631 g/mol. The summed E-state index contributed by atoms with van der Waals surface area (Å²) in [6, 6.07) is 7.54. The molecule has 13 heteroatoms. The lowest BCUT2D eigenvalue weighted by atomic mass is 9.87. The Hall–Kier alpha value is -3.84. The number of nitrogens with one attached hydrogen (secondary N) is 2. The van der Waals surface area contributed by atoms with Crippen LogP contribution in [-0.4, -0.2) is 45.5 Å². The standard InChI is InChI=1S/C33H41N3O8S2/c1-19-20(2)29-24(21(3)28(19)43-27(38)9-7-8-26(37)34-17-32(4,5)46-36-41)14-15-33(6,44-29)18-42-23-12-10-22(11-13-23)16-25-30(39)35-31(40)45-25/h10-13,39H,7-9,14-18H2,1-6H3,(H,34,37)(H,35,40). The molecule has 1 aliphatic heterocycles. The Kier molecular flexibility index (Phi) is 11.2. The highest BCUT2D eigenvalue weighted by Crippen LogP contribution is 2.44. The molecule has 0 radical (unpaired) electrons. The molecule has 248 valence electrons. The average Bonchev–Trinajstić information content (AvgIpc) is 3.32. The second-order valence-electron chi connectivity index (χ2n) is 12.5. The molecule has 0 saturated carbocycles. The van der Waals surface area contributed by atoms with Crippen LogP contribution in [0.1, 0.15) is 79.1 Å². The zero-order valence-corrected chi connectivity index (χ0v) is 28.7. The molecule has 3 N–H and O–H groups in total. The second-order valence-corrected chi connectivity index (χ2v) is 15.0. The molecule has 0 saturated heterocycles. The van der Waals surface area contributed by atoms with Gasteiger partial charge in [0.05, 0.1) is 9.62 Å². The summed E-state index contributed by atoms with van der Waals surface area (Å²) in [7, 11) is 0. The Morgan fingerprint density at radius 2 is 1.87 bits per heavy atom. The van der Waals surface area contributed by atoms with Crippen molar-refractivity contribution in [3.8, 4) is 23.1 Å². The van der Waals surface area contributed by atoms with Crippen LogP contribution in [0.4, 0.5) is 0 Å². The number of benzene rings is 2.